The first-order valence-corrected chi connectivity index (χ1v) is 9.98. The maximum absolute atomic E-state index is 15.2. The van der Waals surface area contributed by atoms with Crippen molar-refractivity contribution in [3.8, 4) is 0 Å². The first kappa shape index (κ1) is 18.7. The number of pyridine rings is 1. The predicted molar refractivity (Wildman–Crippen MR) is 101 cm³/mol. The summed E-state index contributed by atoms with van der Waals surface area (Å²) in [6, 6.07) is 0.0525. The average molecular weight is 397 g/mol. The third-order valence-corrected chi connectivity index (χ3v) is 5.89. The number of hydrogen-bond donors (Lipinski definition) is 1. The second kappa shape index (κ2) is 6.78. The molecule has 0 spiro atoms. The maximum atomic E-state index is 15.2. The minimum atomic E-state index is -0.569. The molecule has 1 saturated heterocycles. The van der Waals surface area contributed by atoms with E-state index in [9.17, 15) is 4.79 Å². The molecule has 1 N–H and O–H groups in total. The average Bonchev–Trinajstić information content (AvgIpc) is 3.22. The fraction of sp³-hybridized carbons (Fsp3) is 0.684. The van der Waals surface area contributed by atoms with Gasteiger partial charge in [0.05, 0.1) is 18.8 Å². The topological polar surface area (TPSA) is 57.7 Å². The summed E-state index contributed by atoms with van der Waals surface area (Å²) in [4.78, 5) is 20.8. The molecular formula is C19H26ClFN4O2. The van der Waals surface area contributed by atoms with E-state index >= 15 is 4.39 Å². The summed E-state index contributed by atoms with van der Waals surface area (Å²) in [7, 11) is 0. The van der Waals surface area contributed by atoms with Crippen LogP contribution in [0.3, 0.4) is 0 Å². The molecule has 8 heteroatoms. The number of carbonyl (C=O) groups excluding carboxylic acids is 1. The van der Waals surface area contributed by atoms with E-state index in [4.69, 9.17) is 16.3 Å². The van der Waals surface area contributed by atoms with Crippen LogP contribution < -0.4 is 10.2 Å². The Bertz CT molecular complexity index is 767. The van der Waals surface area contributed by atoms with Crippen LogP contribution in [0.5, 0.6) is 0 Å². The first-order valence-electron chi connectivity index (χ1n) is 9.60. The number of ether oxygens (including phenoxy) is 1. The lowest BCUT2D eigenvalue weighted by Crippen LogP contribution is -2.44. The zero-order valence-corrected chi connectivity index (χ0v) is 16.8. The van der Waals surface area contributed by atoms with Gasteiger partial charge in [-0.3, -0.25) is 4.90 Å². The Morgan fingerprint density at radius 3 is 2.59 bits per heavy atom. The van der Waals surface area contributed by atoms with Crippen LogP contribution in [-0.4, -0.2) is 40.3 Å². The molecule has 148 valence electrons. The van der Waals surface area contributed by atoms with Crippen molar-refractivity contribution in [3.63, 3.8) is 0 Å². The van der Waals surface area contributed by atoms with Crippen LogP contribution in [0.4, 0.5) is 15.0 Å². The van der Waals surface area contributed by atoms with Crippen molar-refractivity contribution in [2.45, 2.75) is 77.2 Å². The minimum Gasteiger partial charge on any atom is -0.444 e. The highest BCUT2D eigenvalue weighted by Crippen LogP contribution is 2.39. The molecule has 4 rings (SSSR count). The lowest BCUT2D eigenvalue weighted by Gasteiger charge is -2.33. The Balaban J connectivity index is 1.68. The summed E-state index contributed by atoms with van der Waals surface area (Å²) in [5.74, 6) is -0.0693. The largest absolute Gasteiger partial charge is 0.444 e. The molecule has 1 aliphatic carbocycles. The Kier molecular flexibility index (Phi) is 4.71. The van der Waals surface area contributed by atoms with Gasteiger partial charge in [-0.25, -0.2) is 14.2 Å². The van der Waals surface area contributed by atoms with Crippen molar-refractivity contribution in [3.05, 3.63) is 22.1 Å². The van der Waals surface area contributed by atoms with Gasteiger partial charge in [-0.1, -0.05) is 24.4 Å². The summed E-state index contributed by atoms with van der Waals surface area (Å²) in [6.45, 7) is 6.82. The van der Waals surface area contributed by atoms with E-state index in [0.29, 0.717) is 23.8 Å². The van der Waals surface area contributed by atoms with Crippen molar-refractivity contribution in [1.82, 2.24) is 15.2 Å². The number of amides is 1. The van der Waals surface area contributed by atoms with E-state index in [-0.39, 0.29) is 36.5 Å². The van der Waals surface area contributed by atoms with Crippen LogP contribution in [0.1, 0.15) is 57.6 Å². The van der Waals surface area contributed by atoms with Crippen LogP contribution >= 0.6 is 11.6 Å². The van der Waals surface area contributed by atoms with Gasteiger partial charge >= 0.3 is 6.09 Å². The van der Waals surface area contributed by atoms with Crippen LogP contribution in [0.15, 0.2) is 0 Å². The zero-order valence-electron chi connectivity index (χ0n) is 16.0. The van der Waals surface area contributed by atoms with Gasteiger partial charge in [0.25, 0.3) is 0 Å². The molecule has 2 fully saturated rings. The van der Waals surface area contributed by atoms with E-state index in [1.54, 1.807) is 4.90 Å². The number of carbonyl (C=O) groups is 1. The van der Waals surface area contributed by atoms with Crippen molar-refractivity contribution in [1.29, 1.82) is 0 Å². The molecule has 2 atom stereocenters. The van der Waals surface area contributed by atoms with E-state index in [1.165, 1.54) is 0 Å². The van der Waals surface area contributed by atoms with Gasteiger partial charge in [-0.2, -0.15) is 0 Å². The number of rotatable bonds is 1. The number of nitrogens with zero attached hydrogens (tertiary/aromatic N) is 3. The first-order chi connectivity index (χ1) is 12.8. The third-order valence-electron chi connectivity index (χ3n) is 5.58. The van der Waals surface area contributed by atoms with Gasteiger partial charge in [-0.05, 0) is 33.6 Å². The second-order valence-corrected chi connectivity index (χ2v) is 8.94. The summed E-state index contributed by atoms with van der Waals surface area (Å²) in [5, 5.41) is 3.47. The van der Waals surface area contributed by atoms with Gasteiger partial charge in [0, 0.05) is 24.2 Å². The highest BCUT2D eigenvalue weighted by Gasteiger charge is 2.46. The molecule has 0 radical (unpaired) electrons. The Hall–Kier alpha value is -1.60. The molecule has 0 aromatic carbocycles. The Labute approximate surface area is 164 Å². The predicted octanol–water partition coefficient (Wildman–Crippen LogP) is 3.80. The fourth-order valence-corrected chi connectivity index (χ4v) is 4.66. The second-order valence-electron chi connectivity index (χ2n) is 8.58. The molecule has 27 heavy (non-hydrogen) atoms. The van der Waals surface area contributed by atoms with Crippen LogP contribution in [0.25, 0.3) is 0 Å². The van der Waals surface area contributed by atoms with Gasteiger partial charge in [-0.15, -0.1) is 0 Å². The SMILES string of the molecule is CC(C)(C)OC(=O)N1CN(c2nc(Cl)c3c(c2F)CNC3)[C@@H]2CCCC[C@@H]21. The van der Waals surface area contributed by atoms with Gasteiger partial charge < -0.3 is 15.0 Å². The number of halogens is 2. The van der Waals surface area contributed by atoms with Crippen LogP contribution in [-0.2, 0) is 17.8 Å². The molecule has 6 nitrogen and oxygen atoms in total. The molecule has 0 unspecified atom stereocenters. The van der Waals surface area contributed by atoms with Gasteiger partial charge in [0.2, 0.25) is 0 Å². The number of fused-ring (bicyclic) bond motifs is 2. The van der Waals surface area contributed by atoms with Crippen molar-refractivity contribution in [2.75, 3.05) is 11.6 Å². The van der Waals surface area contributed by atoms with Crippen molar-refractivity contribution in [2.24, 2.45) is 0 Å². The molecule has 1 saturated carbocycles. The lowest BCUT2D eigenvalue weighted by atomic mass is 9.90. The maximum Gasteiger partial charge on any atom is 0.412 e. The molecule has 3 aliphatic rings. The zero-order chi connectivity index (χ0) is 19.3. The monoisotopic (exact) mass is 396 g/mol. The van der Waals surface area contributed by atoms with Crippen molar-refractivity contribution < 1.29 is 13.9 Å². The minimum absolute atomic E-state index is 0.0138. The van der Waals surface area contributed by atoms with Gasteiger partial charge in [0.15, 0.2) is 11.6 Å². The fourth-order valence-electron chi connectivity index (χ4n) is 4.40. The molecule has 1 aromatic heterocycles. The Morgan fingerprint density at radius 2 is 1.89 bits per heavy atom. The summed E-state index contributed by atoms with van der Waals surface area (Å²) >= 11 is 6.34. The van der Waals surface area contributed by atoms with E-state index in [1.807, 2.05) is 25.7 Å². The Morgan fingerprint density at radius 1 is 1.22 bits per heavy atom. The van der Waals surface area contributed by atoms with Gasteiger partial charge in [0.1, 0.15) is 10.8 Å². The van der Waals surface area contributed by atoms with Crippen LogP contribution in [0, 0.1) is 5.82 Å². The number of anilines is 1. The van der Waals surface area contributed by atoms with Crippen molar-refractivity contribution >= 4 is 23.5 Å². The quantitative estimate of drug-likeness (QED) is 0.731. The number of aromatic nitrogens is 1. The number of hydrogen-bond acceptors (Lipinski definition) is 5. The summed E-state index contributed by atoms with van der Waals surface area (Å²) in [5.41, 5.74) is 0.759. The highest BCUT2D eigenvalue weighted by molar-refractivity contribution is 6.30. The van der Waals surface area contributed by atoms with E-state index in [2.05, 4.69) is 10.3 Å². The molecular weight excluding hydrogens is 371 g/mol. The van der Waals surface area contributed by atoms with E-state index in [0.717, 1.165) is 31.2 Å². The molecule has 3 heterocycles. The molecule has 2 aliphatic heterocycles. The van der Waals surface area contributed by atoms with E-state index < -0.39 is 5.60 Å². The molecule has 0 bridgehead atoms. The third kappa shape index (κ3) is 3.36. The normalized spacial score (nSPS) is 24.8. The van der Waals surface area contributed by atoms with Crippen LogP contribution in [0.2, 0.25) is 5.15 Å². The smallest absolute Gasteiger partial charge is 0.412 e. The lowest BCUT2D eigenvalue weighted by molar-refractivity contribution is 0.0201. The summed E-state index contributed by atoms with van der Waals surface area (Å²) < 4.78 is 20.8. The standard InChI is InChI=1S/C19H26ClFN4O2/c1-19(2,3)27-18(26)25-10-24(13-6-4-5-7-14(13)25)17-15(21)11-8-22-9-12(11)16(20)23-17/h13-14,22H,4-10H2,1-3H3/t13-,14+/m1/s1. The number of nitrogens with one attached hydrogen (secondary N) is 1. The summed E-state index contributed by atoms with van der Waals surface area (Å²) in [6.07, 6.45) is 3.55. The molecule has 1 amide bonds. The molecule has 1 aromatic rings. The highest BCUT2D eigenvalue weighted by atomic mass is 35.5.